The second-order valence-electron chi connectivity index (χ2n) is 20.3. The van der Waals surface area contributed by atoms with E-state index in [1.165, 1.54) is 20.1 Å². The van der Waals surface area contributed by atoms with Gasteiger partial charge >= 0.3 is 21.3 Å². The summed E-state index contributed by atoms with van der Waals surface area (Å²) in [5, 5.41) is 34.2. The Morgan fingerprint density at radius 3 is 2.27 bits per heavy atom. The van der Waals surface area contributed by atoms with E-state index in [4.69, 9.17) is 34.4 Å². The minimum Gasteiger partial charge on any atom is -0.460 e. The fraction of sp³-hybridized carbons (Fsp3) is 0.725. The molecule has 0 radical (unpaired) electrons. The highest BCUT2D eigenvalue weighted by atomic mass is 35.7. The van der Waals surface area contributed by atoms with Crippen LogP contribution in [0.1, 0.15) is 126 Å². The largest absolute Gasteiger partial charge is 0.460 e. The summed E-state index contributed by atoms with van der Waals surface area (Å²) in [7, 11) is 3.72. The zero-order valence-corrected chi connectivity index (χ0v) is 44.2. The summed E-state index contributed by atoms with van der Waals surface area (Å²) in [5.74, 6) is -9.52. The van der Waals surface area contributed by atoms with E-state index in [0.717, 1.165) is 10.5 Å². The van der Waals surface area contributed by atoms with E-state index in [0.29, 0.717) is 51.4 Å². The van der Waals surface area contributed by atoms with Gasteiger partial charge in [0, 0.05) is 62.0 Å². The lowest BCUT2D eigenvalue weighted by Crippen LogP contribution is -2.61. The van der Waals surface area contributed by atoms with Gasteiger partial charge in [-0.05, 0) is 107 Å². The van der Waals surface area contributed by atoms with E-state index < -0.39 is 123 Å². The number of halogens is 1. The first-order chi connectivity index (χ1) is 33.3. The lowest BCUT2D eigenvalue weighted by atomic mass is 9.78. The van der Waals surface area contributed by atoms with Crippen molar-refractivity contribution in [1.82, 2.24) is 9.62 Å². The van der Waals surface area contributed by atoms with Gasteiger partial charge in [-0.3, -0.25) is 19.2 Å². The molecule has 20 heteroatoms. The summed E-state index contributed by atoms with van der Waals surface area (Å²) in [6, 6.07) is -1.24. The number of nitrogens with one attached hydrogen (secondary N) is 1. The molecule has 0 aromatic rings. The Labute approximate surface area is 423 Å². The maximum Gasteiger partial charge on any atom is 0.422 e. The minimum absolute atomic E-state index is 0.0177. The number of piperidine rings is 1. The van der Waals surface area contributed by atoms with Crippen LogP contribution in [-0.4, -0.2) is 139 Å². The maximum absolute atomic E-state index is 14.4. The zero-order chi connectivity index (χ0) is 53.0. The van der Waals surface area contributed by atoms with Crippen molar-refractivity contribution in [2.45, 2.75) is 180 Å². The first-order valence-electron chi connectivity index (χ1n) is 24.9. The molecule has 0 spiro atoms. The summed E-state index contributed by atoms with van der Waals surface area (Å²) in [4.78, 5) is 83.8. The molecule has 18 nitrogen and oxygen atoms in total. The van der Waals surface area contributed by atoms with Gasteiger partial charge in [0.25, 0.3) is 11.7 Å². The van der Waals surface area contributed by atoms with Crippen molar-refractivity contribution < 1.29 is 76.2 Å². The quantitative estimate of drug-likeness (QED) is 0.103. The summed E-state index contributed by atoms with van der Waals surface area (Å²) >= 11 is 0. The topological polar surface area (TPSA) is 259 Å². The number of fused-ring (bicyclic) bond motifs is 3. The Balaban J connectivity index is 1.68. The van der Waals surface area contributed by atoms with Crippen LogP contribution in [0.25, 0.3) is 0 Å². The molecule has 1 saturated carbocycles. The summed E-state index contributed by atoms with van der Waals surface area (Å²) in [6.45, 7) is 12.0. The molecule has 2 amide bonds. The second kappa shape index (κ2) is 26.9. The fourth-order valence-corrected chi connectivity index (χ4v) is 10.7. The van der Waals surface area contributed by atoms with Crippen LogP contribution in [0.2, 0.25) is 0 Å². The van der Waals surface area contributed by atoms with Crippen molar-refractivity contribution in [2.75, 3.05) is 20.8 Å². The second-order valence-corrected chi connectivity index (χ2v) is 22.6. The number of aliphatic hydroxyl groups is 3. The Morgan fingerprint density at radius 2 is 1.61 bits per heavy atom. The molecule has 1 aliphatic carbocycles. The number of esters is 1. The van der Waals surface area contributed by atoms with E-state index in [2.05, 4.69) is 0 Å². The lowest BCUT2D eigenvalue weighted by molar-refractivity contribution is -0.265. The number of carbonyl (C=O) groups excluding carboxylic acids is 6. The Bertz CT molecular complexity index is 2130. The standard InChI is InChI=1S/C51H77ClN2O16S/c1-29-15-11-10-12-16-30(2)41(66-8)27-37-20-18-35(7)51(63,70-37)47(59)48(60)54-22-14-13-17-38(54)49(61)68-42(28-39(55)31(3)24-34(6)45(57)46(58)44(56)33(5)23-29)32(4)25-36-19-21-40(43(26-36)67-9)69-50(62)53-71(52,64)65/h10-12,15-16,24,29,31-33,35-38,40-43,45-46,57-58,63H,13-14,17-23,25-28H2,1-9H3,(H,53,62)/b12-10?,15-11+,30-16?,34-24+/t29-,31-,32-,33-,35-,36+,37+,38+,40-,41+,42+,43-,45-,46+,51-/m1/s1. The Kier molecular flexibility index (Phi) is 22.7. The molecule has 0 aromatic heterocycles. The highest BCUT2D eigenvalue weighted by Gasteiger charge is 2.53. The summed E-state index contributed by atoms with van der Waals surface area (Å²) < 4.78 is 53.4. The van der Waals surface area contributed by atoms with Crippen LogP contribution in [0, 0.1) is 35.5 Å². The number of carbonyl (C=O) groups is 6. The molecule has 2 saturated heterocycles. The average molecular weight is 1040 g/mol. The highest BCUT2D eigenvalue weighted by molar-refractivity contribution is 8.12. The van der Waals surface area contributed by atoms with Crippen molar-refractivity contribution >= 4 is 55.2 Å². The third-order valence-corrected chi connectivity index (χ3v) is 15.3. The molecule has 0 aromatic carbocycles. The number of methoxy groups -OCH3 is 2. The van der Waals surface area contributed by atoms with E-state index in [1.807, 2.05) is 44.2 Å². The minimum atomic E-state index is -4.39. The molecule has 0 unspecified atom stereocenters. The number of allylic oxidation sites excluding steroid dienone is 6. The predicted molar refractivity (Wildman–Crippen MR) is 263 cm³/mol. The van der Waals surface area contributed by atoms with Crippen molar-refractivity contribution in [3.8, 4) is 0 Å². The number of nitrogens with zero attached hydrogens (tertiary/aromatic N) is 1. The number of ketones is 3. The van der Waals surface area contributed by atoms with E-state index >= 15 is 0 Å². The average Bonchev–Trinajstić information content (AvgIpc) is 3.31. The lowest BCUT2D eigenvalue weighted by Gasteiger charge is -2.42. The van der Waals surface area contributed by atoms with Crippen LogP contribution in [0.3, 0.4) is 0 Å². The van der Waals surface area contributed by atoms with Gasteiger partial charge in [-0.1, -0.05) is 71.1 Å². The van der Waals surface area contributed by atoms with Gasteiger partial charge in [0.05, 0.1) is 18.3 Å². The molecular weight excluding hydrogens is 964 g/mol. The molecule has 400 valence electrons. The van der Waals surface area contributed by atoms with Crippen molar-refractivity contribution in [3.63, 3.8) is 0 Å². The van der Waals surface area contributed by atoms with Crippen LogP contribution in [0.15, 0.2) is 47.6 Å². The molecule has 15 atom stereocenters. The van der Waals surface area contributed by atoms with Gasteiger partial charge in [-0.2, -0.15) is 8.42 Å². The third kappa shape index (κ3) is 16.9. The van der Waals surface area contributed by atoms with Crippen molar-refractivity contribution in [1.29, 1.82) is 0 Å². The zero-order valence-electron chi connectivity index (χ0n) is 42.6. The number of hydrogen-bond acceptors (Lipinski definition) is 16. The molecule has 3 fully saturated rings. The number of ether oxygens (including phenoxy) is 5. The number of Topliss-reactive ketones (excluding diaryl/α,β-unsaturated/α-hetero) is 3. The number of cyclic esters (lactones) is 1. The molecule has 3 aliphatic heterocycles. The maximum atomic E-state index is 14.4. The summed E-state index contributed by atoms with van der Waals surface area (Å²) in [6.07, 6.45) is 6.29. The van der Waals surface area contributed by atoms with Crippen LogP contribution in [0.4, 0.5) is 4.79 Å². The molecule has 4 rings (SSSR count). The molecular formula is C51H77ClN2O16S. The van der Waals surface area contributed by atoms with Gasteiger partial charge < -0.3 is 43.9 Å². The normalized spacial score (nSPS) is 36.9. The van der Waals surface area contributed by atoms with E-state index in [9.17, 15) is 52.5 Å². The van der Waals surface area contributed by atoms with Crippen LogP contribution in [0.5, 0.6) is 0 Å². The molecule has 4 N–H and O–H groups in total. The fourth-order valence-electron chi connectivity index (χ4n) is 10.3. The molecule has 3 heterocycles. The van der Waals surface area contributed by atoms with E-state index in [1.54, 1.807) is 39.5 Å². The molecule has 2 bridgehead atoms. The number of rotatable bonds is 7. The monoisotopic (exact) mass is 1040 g/mol. The van der Waals surface area contributed by atoms with Gasteiger partial charge in [0.1, 0.15) is 36.2 Å². The smallest absolute Gasteiger partial charge is 0.422 e. The first kappa shape index (κ1) is 59.7. The van der Waals surface area contributed by atoms with Gasteiger partial charge in [0.2, 0.25) is 5.79 Å². The van der Waals surface area contributed by atoms with Crippen LogP contribution < -0.4 is 4.72 Å². The molecule has 4 aliphatic rings. The highest BCUT2D eigenvalue weighted by Crippen LogP contribution is 2.38. The first-order valence-corrected chi connectivity index (χ1v) is 27.2. The summed E-state index contributed by atoms with van der Waals surface area (Å²) in [5.41, 5.74) is 1.03. The van der Waals surface area contributed by atoms with Gasteiger partial charge in [0.15, 0.2) is 5.78 Å². The third-order valence-electron chi connectivity index (χ3n) is 14.7. The Morgan fingerprint density at radius 1 is 0.901 bits per heavy atom. The molecule has 71 heavy (non-hydrogen) atoms. The van der Waals surface area contributed by atoms with Crippen LogP contribution >= 0.6 is 10.7 Å². The SMILES string of the molecule is CO[C@H]1C[C@@H]2CC[C@@H](C)[C@@](O)(O2)C(=O)C(=O)N2CCCC[C@H]2C(=O)O[C@H]([C@H](C)C[C@@H]2CC[C@@H](OC(=O)NS(=O)(=O)Cl)[C@H](OC)C2)CC(=O)[C@H](C)/C=C(\C)[C@@H](O)[C@@H](O)C(=O)[C@H](C)C[C@H](C)/C=C/C=CC=C1C. The van der Waals surface area contributed by atoms with Crippen LogP contribution in [-0.2, 0) is 56.9 Å². The van der Waals surface area contributed by atoms with Crippen molar-refractivity contribution in [3.05, 3.63) is 47.6 Å². The van der Waals surface area contributed by atoms with Crippen molar-refractivity contribution in [2.24, 2.45) is 35.5 Å². The Hall–Kier alpha value is -3.82. The van der Waals surface area contributed by atoms with Gasteiger partial charge in [-0.15, -0.1) is 0 Å². The van der Waals surface area contributed by atoms with Gasteiger partial charge in [-0.25, -0.2) is 14.3 Å². The predicted octanol–water partition coefficient (Wildman–Crippen LogP) is 5.74. The number of amides is 2. The number of aliphatic hydroxyl groups excluding tert-OH is 2. The van der Waals surface area contributed by atoms with E-state index in [-0.39, 0.29) is 49.6 Å². The number of hydrogen-bond donors (Lipinski definition) is 4.